The molecule has 0 radical (unpaired) electrons. The number of hydrogen-bond acceptors (Lipinski definition) is 6. The van der Waals surface area contributed by atoms with Crippen LogP contribution in [0, 0.1) is 5.92 Å². The van der Waals surface area contributed by atoms with Gasteiger partial charge in [0.05, 0.1) is 4.47 Å². The minimum Gasteiger partial charge on any atom is -0.369 e. The van der Waals surface area contributed by atoms with Gasteiger partial charge in [0.15, 0.2) is 0 Å². The molecular formula is C23H30BrN7O2. The summed E-state index contributed by atoms with van der Waals surface area (Å²) in [6.45, 7) is 2.93. The summed E-state index contributed by atoms with van der Waals surface area (Å²) in [4.78, 5) is 34.8. The fourth-order valence-corrected chi connectivity index (χ4v) is 3.99. The van der Waals surface area contributed by atoms with Crippen molar-refractivity contribution >= 4 is 51.0 Å². The molecule has 0 unspecified atom stereocenters. The van der Waals surface area contributed by atoms with Gasteiger partial charge in [0, 0.05) is 50.2 Å². The number of halogens is 1. The van der Waals surface area contributed by atoms with Crippen LogP contribution < -0.4 is 21.3 Å². The quantitative estimate of drug-likeness (QED) is 0.350. The van der Waals surface area contributed by atoms with Gasteiger partial charge >= 0.3 is 6.03 Å². The fourth-order valence-electron chi connectivity index (χ4n) is 3.66. The average Bonchev–Trinajstić information content (AvgIpc) is 3.43. The number of benzene rings is 1. The molecule has 1 saturated heterocycles. The Balaban J connectivity index is 1.26. The molecule has 1 saturated carbocycles. The molecule has 0 atom stereocenters. The maximum atomic E-state index is 12.3. The molecule has 2 heterocycles. The molecule has 33 heavy (non-hydrogen) atoms. The second-order valence-corrected chi connectivity index (χ2v) is 9.35. The van der Waals surface area contributed by atoms with E-state index in [1.54, 1.807) is 6.20 Å². The molecule has 3 amide bonds. The average molecular weight is 516 g/mol. The maximum absolute atomic E-state index is 12.3. The van der Waals surface area contributed by atoms with Gasteiger partial charge in [-0.25, -0.2) is 9.78 Å². The zero-order valence-electron chi connectivity index (χ0n) is 18.6. The smallest absolute Gasteiger partial charge is 0.321 e. The van der Waals surface area contributed by atoms with E-state index >= 15 is 0 Å². The summed E-state index contributed by atoms with van der Waals surface area (Å²) in [6, 6.07) is 7.42. The number of anilines is 4. The van der Waals surface area contributed by atoms with Gasteiger partial charge < -0.3 is 26.2 Å². The van der Waals surface area contributed by atoms with Crippen LogP contribution in [0.3, 0.4) is 0 Å². The Morgan fingerprint density at radius 3 is 2.70 bits per heavy atom. The van der Waals surface area contributed by atoms with Crippen LogP contribution in [0.5, 0.6) is 0 Å². The Bertz CT molecular complexity index is 977. The Morgan fingerprint density at radius 2 is 1.91 bits per heavy atom. The van der Waals surface area contributed by atoms with Crippen LogP contribution in [0.1, 0.15) is 38.5 Å². The number of amides is 3. The maximum Gasteiger partial charge on any atom is 0.321 e. The highest BCUT2D eigenvalue weighted by molar-refractivity contribution is 9.10. The third kappa shape index (κ3) is 7.31. The number of nitrogens with one attached hydrogen (secondary N) is 4. The highest BCUT2D eigenvalue weighted by atomic mass is 79.9. The van der Waals surface area contributed by atoms with Gasteiger partial charge in [-0.2, -0.15) is 4.98 Å². The Kier molecular flexibility index (Phi) is 7.98. The molecule has 2 fully saturated rings. The molecule has 1 aromatic carbocycles. The number of carbonyl (C=O) groups is 2. The summed E-state index contributed by atoms with van der Waals surface area (Å²) in [6.07, 6.45) is 7.63. The monoisotopic (exact) mass is 515 g/mol. The Hall–Kier alpha value is -2.88. The minimum atomic E-state index is -0.0697. The molecule has 10 heteroatoms. The first-order valence-electron chi connectivity index (χ1n) is 11.5. The van der Waals surface area contributed by atoms with Crippen LogP contribution in [-0.2, 0) is 4.79 Å². The van der Waals surface area contributed by atoms with E-state index in [4.69, 9.17) is 0 Å². The summed E-state index contributed by atoms with van der Waals surface area (Å²) in [5.74, 6) is 1.87. The van der Waals surface area contributed by atoms with Gasteiger partial charge in [0.2, 0.25) is 11.9 Å². The van der Waals surface area contributed by atoms with E-state index in [9.17, 15) is 9.59 Å². The van der Waals surface area contributed by atoms with Crippen LogP contribution >= 0.6 is 15.9 Å². The van der Waals surface area contributed by atoms with Crippen molar-refractivity contribution in [2.75, 3.05) is 42.1 Å². The minimum absolute atomic E-state index is 0.0697. The topological polar surface area (TPSA) is 111 Å². The van der Waals surface area contributed by atoms with Crippen LogP contribution in [-0.4, -0.2) is 53.0 Å². The van der Waals surface area contributed by atoms with Crippen LogP contribution in [0.15, 0.2) is 34.9 Å². The number of aromatic nitrogens is 2. The number of hydrogen-bond donors (Lipinski definition) is 4. The highest BCUT2D eigenvalue weighted by Gasteiger charge is 2.24. The van der Waals surface area contributed by atoms with Gasteiger partial charge in [0.1, 0.15) is 5.82 Å². The lowest BCUT2D eigenvalue weighted by Gasteiger charge is -2.16. The van der Waals surface area contributed by atoms with Crippen LogP contribution in [0.2, 0.25) is 0 Å². The number of likely N-dealkylation sites (tertiary alicyclic amines) is 1. The summed E-state index contributed by atoms with van der Waals surface area (Å²) >= 11 is 3.48. The van der Waals surface area contributed by atoms with Crippen molar-refractivity contribution < 1.29 is 9.59 Å². The van der Waals surface area contributed by atoms with Gasteiger partial charge in [-0.15, -0.1) is 0 Å². The molecule has 1 aliphatic heterocycles. The molecule has 2 aliphatic rings. The van der Waals surface area contributed by atoms with E-state index in [0.29, 0.717) is 37.2 Å². The van der Waals surface area contributed by atoms with E-state index < -0.39 is 0 Å². The van der Waals surface area contributed by atoms with Crippen molar-refractivity contribution in [1.82, 2.24) is 20.2 Å². The Labute approximate surface area is 202 Å². The first-order chi connectivity index (χ1) is 16.1. The van der Waals surface area contributed by atoms with Crippen molar-refractivity contribution in [3.63, 3.8) is 0 Å². The highest BCUT2D eigenvalue weighted by Crippen LogP contribution is 2.32. The molecule has 2 aromatic rings. The SMILES string of the molecule is O=C(CC1CC1)NCCCNc1nc(Nc2cccc(NC(=O)N3CCCC3)c2)ncc1Br. The largest absolute Gasteiger partial charge is 0.369 e. The van der Waals surface area contributed by atoms with Crippen molar-refractivity contribution in [1.29, 1.82) is 0 Å². The van der Waals surface area contributed by atoms with E-state index in [0.717, 1.165) is 48.2 Å². The standard InChI is InChI=1S/C23H30BrN7O2/c24-19-15-27-22(30-21(19)26-10-4-9-25-20(32)13-16-7-8-16)28-17-5-3-6-18(14-17)29-23(33)31-11-1-2-12-31/h3,5-6,14-16H,1-2,4,7-13H2,(H,25,32)(H,29,33)(H2,26,27,28,30). The third-order valence-corrected chi connectivity index (χ3v) is 6.23. The number of nitrogens with zero attached hydrogens (tertiary/aromatic N) is 3. The summed E-state index contributed by atoms with van der Waals surface area (Å²) < 4.78 is 0.762. The van der Waals surface area contributed by atoms with Crippen LogP contribution in [0.4, 0.5) is 27.9 Å². The lowest BCUT2D eigenvalue weighted by molar-refractivity contribution is -0.121. The lowest BCUT2D eigenvalue weighted by atomic mass is 10.3. The molecule has 4 N–H and O–H groups in total. The predicted octanol–water partition coefficient (Wildman–Crippen LogP) is 4.33. The summed E-state index contributed by atoms with van der Waals surface area (Å²) in [7, 11) is 0. The molecule has 0 bridgehead atoms. The Morgan fingerprint density at radius 1 is 1.12 bits per heavy atom. The van der Waals surface area contributed by atoms with Crippen molar-refractivity contribution in [2.24, 2.45) is 5.92 Å². The van der Waals surface area contributed by atoms with Crippen molar-refractivity contribution in [3.8, 4) is 0 Å². The molecule has 1 aliphatic carbocycles. The molecule has 0 spiro atoms. The molecular weight excluding hydrogens is 486 g/mol. The fraction of sp³-hybridized carbons (Fsp3) is 0.478. The second kappa shape index (κ2) is 11.3. The predicted molar refractivity (Wildman–Crippen MR) is 133 cm³/mol. The van der Waals surface area contributed by atoms with Gasteiger partial charge in [0.25, 0.3) is 0 Å². The van der Waals surface area contributed by atoms with E-state index in [1.165, 1.54) is 12.8 Å². The third-order valence-electron chi connectivity index (χ3n) is 5.65. The molecule has 9 nitrogen and oxygen atoms in total. The van der Waals surface area contributed by atoms with E-state index in [1.807, 2.05) is 29.2 Å². The van der Waals surface area contributed by atoms with Gasteiger partial charge in [-0.1, -0.05) is 6.07 Å². The number of urea groups is 1. The zero-order valence-corrected chi connectivity index (χ0v) is 20.2. The summed E-state index contributed by atoms with van der Waals surface area (Å²) in [5.41, 5.74) is 1.50. The van der Waals surface area contributed by atoms with E-state index in [-0.39, 0.29) is 11.9 Å². The molecule has 4 rings (SSSR count). The van der Waals surface area contributed by atoms with Gasteiger partial charge in [-0.3, -0.25) is 4.79 Å². The number of carbonyl (C=O) groups excluding carboxylic acids is 2. The molecule has 1 aromatic heterocycles. The number of rotatable bonds is 10. The molecule has 176 valence electrons. The first-order valence-corrected chi connectivity index (χ1v) is 12.3. The van der Waals surface area contributed by atoms with Crippen molar-refractivity contribution in [2.45, 2.75) is 38.5 Å². The van der Waals surface area contributed by atoms with Crippen LogP contribution in [0.25, 0.3) is 0 Å². The zero-order chi connectivity index (χ0) is 23.0. The normalized spacial score (nSPS) is 15.2. The lowest BCUT2D eigenvalue weighted by Crippen LogP contribution is -2.32. The second-order valence-electron chi connectivity index (χ2n) is 8.50. The van der Waals surface area contributed by atoms with E-state index in [2.05, 4.69) is 47.2 Å². The van der Waals surface area contributed by atoms with Crippen molar-refractivity contribution in [3.05, 3.63) is 34.9 Å². The van der Waals surface area contributed by atoms with Gasteiger partial charge in [-0.05, 0) is 72.2 Å². The first kappa shape index (κ1) is 23.3. The summed E-state index contributed by atoms with van der Waals surface area (Å²) in [5, 5.41) is 12.4.